The molecule has 2 rings (SSSR count). The second kappa shape index (κ2) is 5.73. The Labute approximate surface area is 112 Å². The highest BCUT2D eigenvalue weighted by Crippen LogP contribution is 2.47. The molecule has 0 N–H and O–H groups in total. The fraction of sp³-hybridized carbons (Fsp3) is 0.556. The lowest BCUT2D eigenvalue weighted by atomic mass is 9.77. The first kappa shape index (κ1) is 13.4. The Morgan fingerprint density at radius 3 is 2.22 bits per heavy atom. The lowest BCUT2D eigenvalue weighted by molar-refractivity contribution is 0.395. The van der Waals surface area contributed by atoms with Crippen LogP contribution in [0, 0.1) is 11.8 Å². The topological polar surface area (TPSA) is 0 Å². The molecular formula is C18H26. The van der Waals surface area contributed by atoms with E-state index in [2.05, 4.69) is 51.6 Å². The van der Waals surface area contributed by atoms with Crippen LogP contribution in [0.5, 0.6) is 0 Å². The summed E-state index contributed by atoms with van der Waals surface area (Å²) < 4.78 is 0. The molecule has 0 amide bonds. The molecule has 1 aliphatic rings. The van der Waals surface area contributed by atoms with Crippen LogP contribution in [0.3, 0.4) is 0 Å². The summed E-state index contributed by atoms with van der Waals surface area (Å²) in [5, 5.41) is 0. The van der Waals surface area contributed by atoms with E-state index in [1.54, 1.807) is 0 Å². The van der Waals surface area contributed by atoms with Crippen LogP contribution >= 0.6 is 0 Å². The average Bonchev–Trinajstić information content (AvgIpc) is 3.20. The molecule has 0 aliphatic heterocycles. The summed E-state index contributed by atoms with van der Waals surface area (Å²) in [5.41, 5.74) is 4.23. The van der Waals surface area contributed by atoms with Crippen LogP contribution in [-0.4, -0.2) is 0 Å². The lowest BCUT2D eigenvalue weighted by Crippen LogP contribution is -2.15. The summed E-state index contributed by atoms with van der Waals surface area (Å²) in [4.78, 5) is 0. The van der Waals surface area contributed by atoms with Crippen molar-refractivity contribution in [3.8, 4) is 0 Å². The average molecular weight is 242 g/mol. The van der Waals surface area contributed by atoms with Crippen molar-refractivity contribution >= 4 is 0 Å². The fourth-order valence-electron chi connectivity index (χ4n) is 3.22. The quantitative estimate of drug-likeness (QED) is 0.590. The highest BCUT2D eigenvalue weighted by Gasteiger charge is 2.36. The van der Waals surface area contributed by atoms with Gasteiger partial charge < -0.3 is 0 Å². The molecule has 1 aromatic rings. The Morgan fingerprint density at radius 1 is 1.22 bits per heavy atom. The number of allylic oxidation sites excluding steroid dienone is 1. The van der Waals surface area contributed by atoms with E-state index in [1.807, 2.05) is 0 Å². The van der Waals surface area contributed by atoms with Gasteiger partial charge in [-0.1, -0.05) is 56.7 Å². The third kappa shape index (κ3) is 2.85. The van der Waals surface area contributed by atoms with Crippen molar-refractivity contribution in [3.05, 3.63) is 47.5 Å². The fourth-order valence-corrected chi connectivity index (χ4v) is 3.22. The molecule has 1 aromatic carbocycles. The number of rotatable bonds is 6. The minimum Gasteiger partial charge on any atom is -0.0995 e. The second-order valence-electron chi connectivity index (χ2n) is 5.83. The van der Waals surface area contributed by atoms with Gasteiger partial charge in [0.05, 0.1) is 0 Å². The molecule has 98 valence electrons. The predicted molar refractivity (Wildman–Crippen MR) is 79.9 cm³/mol. The largest absolute Gasteiger partial charge is 0.0995 e. The van der Waals surface area contributed by atoms with Crippen molar-refractivity contribution in [3.63, 3.8) is 0 Å². The summed E-state index contributed by atoms with van der Waals surface area (Å²) in [6.07, 6.45) is 5.25. The van der Waals surface area contributed by atoms with Crippen LogP contribution in [0.4, 0.5) is 0 Å². The second-order valence-corrected chi connectivity index (χ2v) is 5.83. The first-order valence-corrected chi connectivity index (χ1v) is 7.41. The van der Waals surface area contributed by atoms with Crippen LogP contribution in [0.15, 0.2) is 36.4 Å². The Kier molecular flexibility index (Phi) is 4.27. The molecule has 1 saturated carbocycles. The standard InChI is InChI=1S/C18H26/c1-5-14-7-9-16(10-8-14)18(13(3)4)17(6-2)15-11-12-15/h7-10,15,17-18H,3,5-6,11-12H2,1-2,4H3. The van der Waals surface area contributed by atoms with E-state index in [4.69, 9.17) is 0 Å². The molecule has 18 heavy (non-hydrogen) atoms. The van der Waals surface area contributed by atoms with Crippen LogP contribution in [0.2, 0.25) is 0 Å². The zero-order chi connectivity index (χ0) is 13.1. The predicted octanol–water partition coefficient (Wildman–Crippen LogP) is 5.34. The molecule has 0 aromatic heterocycles. The molecule has 1 aliphatic carbocycles. The summed E-state index contributed by atoms with van der Waals surface area (Å²) in [5.74, 6) is 2.31. The first-order valence-electron chi connectivity index (χ1n) is 7.41. The van der Waals surface area contributed by atoms with Crippen LogP contribution in [0.25, 0.3) is 0 Å². The SMILES string of the molecule is C=C(C)C(c1ccc(CC)cc1)C(CC)C1CC1. The van der Waals surface area contributed by atoms with E-state index < -0.39 is 0 Å². The molecule has 2 atom stereocenters. The maximum Gasteiger partial charge on any atom is 0.00735 e. The Balaban J connectivity index is 2.25. The number of benzene rings is 1. The summed E-state index contributed by atoms with van der Waals surface area (Å²) in [6, 6.07) is 9.21. The first-order chi connectivity index (χ1) is 8.67. The van der Waals surface area contributed by atoms with Gasteiger partial charge in [-0.05, 0) is 49.1 Å². The Bertz CT molecular complexity index is 395. The number of aryl methyl sites for hydroxylation is 1. The van der Waals surface area contributed by atoms with Crippen molar-refractivity contribution < 1.29 is 0 Å². The molecule has 0 heteroatoms. The molecule has 0 spiro atoms. The van der Waals surface area contributed by atoms with E-state index in [9.17, 15) is 0 Å². The number of hydrogen-bond acceptors (Lipinski definition) is 0. The number of hydrogen-bond donors (Lipinski definition) is 0. The molecule has 1 fully saturated rings. The summed E-state index contributed by atoms with van der Waals surface area (Å²) in [6.45, 7) is 11.0. The summed E-state index contributed by atoms with van der Waals surface area (Å²) in [7, 11) is 0. The van der Waals surface area contributed by atoms with Crippen molar-refractivity contribution in [2.75, 3.05) is 0 Å². The Morgan fingerprint density at radius 2 is 1.83 bits per heavy atom. The highest BCUT2D eigenvalue weighted by molar-refractivity contribution is 5.31. The van der Waals surface area contributed by atoms with Gasteiger partial charge >= 0.3 is 0 Å². The minimum absolute atomic E-state index is 0.563. The van der Waals surface area contributed by atoms with E-state index in [-0.39, 0.29) is 0 Å². The van der Waals surface area contributed by atoms with Crippen LogP contribution in [0.1, 0.15) is 57.1 Å². The van der Waals surface area contributed by atoms with Gasteiger partial charge in [-0.25, -0.2) is 0 Å². The molecule has 0 bridgehead atoms. The third-order valence-corrected chi connectivity index (χ3v) is 4.41. The zero-order valence-electron chi connectivity index (χ0n) is 12.1. The molecule has 0 saturated heterocycles. The monoisotopic (exact) mass is 242 g/mol. The van der Waals surface area contributed by atoms with Crippen molar-refractivity contribution in [2.45, 2.75) is 52.4 Å². The normalized spacial score (nSPS) is 18.4. The van der Waals surface area contributed by atoms with E-state index in [1.165, 1.54) is 36.0 Å². The van der Waals surface area contributed by atoms with E-state index in [0.717, 1.165) is 18.3 Å². The molecule has 0 heterocycles. The van der Waals surface area contributed by atoms with Crippen LogP contribution < -0.4 is 0 Å². The highest BCUT2D eigenvalue weighted by atomic mass is 14.4. The van der Waals surface area contributed by atoms with Crippen molar-refractivity contribution in [1.82, 2.24) is 0 Å². The Hall–Kier alpha value is -1.04. The van der Waals surface area contributed by atoms with E-state index >= 15 is 0 Å². The smallest absolute Gasteiger partial charge is 0.00735 e. The van der Waals surface area contributed by atoms with Crippen molar-refractivity contribution in [1.29, 1.82) is 0 Å². The van der Waals surface area contributed by atoms with Gasteiger partial charge in [-0.3, -0.25) is 0 Å². The van der Waals surface area contributed by atoms with Gasteiger partial charge in [0.15, 0.2) is 0 Å². The molecular weight excluding hydrogens is 216 g/mol. The van der Waals surface area contributed by atoms with E-state index in [0.29, 0.717) is 5.92 Å². The minimum atomic E-state index is 0.563. The third-order valence-electron chi connectivity index (χ3n) is 4.41. The van der Waals surface area contributed by atoms with Gasteiger partial charge in [0.25, 0.3) is 0 Å². The van der Waals surface area contributed by atoms with Gasteiger partial charge in [0, 0.05) is 5.92 Å². The molecule has 2 unspecified atom stereocenters. The van der Waals surface area contributed by atoms with Gasteiger partial charge in [-0.15, -0.1) is 0 Å². The van der Waals surface area contributed by atoms with Gasteiger partial charge in [-0.2, -0.15) is 0 Å². The molecule has 0 radical (unpaired) electrons. The van der Waals surface area contributed by atoms with Gasteiger partial charge in [0.2, 0.25) is 0 Å². The maximum atomic E-state index is 4.25. The molecule has 0 nitrogen and oxygen atoms in total. The van der Waals surface area contributed by atoms with Gasteiger partial charge in [0.1, 0.15) is 0 Å². The summed E-state index contributed by atoms with van der Waals surface area (Å²) >= 11 is 0. The maximum absolute atomic E-state index is 4.25. The van der Waals surface area contributed by atoms with Crippen molar-refractivity contribution in [2.24, 2.45) is 11.8 Å². The lowest BCUT2D eigenvalue weighted by Gasteiger charge is -2.27. The van der Waals surface area contributed by atoms with Crippen LogP contribution in [-0.2, 0) is 6.42 Å². The zero-order valence-corrected chi connectivity index (χ0v) is 12.1.